The van der Waals surface area contributed by atoms with Gasteiger partial charge in [0.15, 0.2) is 0 Å². The Morgan fingerprint density at radius 2 is 2.64 bits per heavy atom. The van der Waals surface area contributed by atoms with Crippen molar-refractivity contribution in [3.8, 4) is 0 Å². The van der Waals surface area contributed by atoms with Gasteiger partial charge in [-0.25, -0.2) is 0 Å². The number of nitrogens with zero attached hydrogens (tertiary/aromatic N) is 1. The average molecular weight is 212 g/mol. The third-order valence-corrected chi connectivity index (χ3v) is 3.52. The Balaban J connectivity index is 1.85. The number of aromatic nitrogens is 1. The number of rotatable bonds is 3. The summed E-state index contributed by atoms with van der Waals surface area (Å²) in [5, 5.41) is 0. The molecule has 0 saturated carbocycles. The average Bonchev–Trinajstić information content (AvgIpc) is 2.72. The summed E-state index contributed by atoms with van der Waals surface area (Å²) < 4.78 is 5.43. The molecule has 1 aromatic rings. The molecule has 1 fully saturated rings. The highest BCUT2D eigenvalue weighted by atomic mass is 32.1. The van der Waals surface area contributed by atoms with Crippen LogP contribution in [0.25, 0.3) is 0 Å². The van der Waals surface area contributed by atoms with Crippen molar-refractivity contribution in [1.82, 2.24) is 4.98 Å². The molecule has 14 heavy (non-hydrogen) atoms. The summed E-state index contributed by atoms with van der Waals surface area (Å²) in [5.74, 6) is 0.533. The van der Waals surface area contributed by atoms with Gasteiger partial charge in [0.2, 0.25) is 0 Å². The van der Waals surface area contributed by atoms with Crippen LogP contribution in [0.2, 0.25) is 0 Å². The van der Waals surface area contributed by atoms with Gasteiger partial charge < -0.3 is 10.5 Å². The predicted octanol–water partition coefficient (Wildman–Crippen LogP) is 1.44. The number of nitrogens with two attached hydrogens (primary N) is 1. The lowest BCUT2D eigenvalue weighted by atomic mass is 9.92. The van der Waals surface area contributed by atoms with Gasteiger partial charge in [-0.1, -0.05) is 0 Å². The molecule has 0 bridgehead atoms. The molecule has 4 heteroatoms. The fourth-order valence-electron chi connectivity index (χ4n) is 1.85. The SMILES string of the molecule is NC(Cc1cncs1)C1CCCOC1. The quantitative estimate of drug-likeness (QED) is 0.824. The van der Waals surface area contributed by atoms with Gasteiger partial charge in [0, 0.05) is 23.7 Å². The summed E-state index contributed by atoms with van der Waals surface area (Å²) in [7, 11) is 0. The maximum absolute atomic E-state index is 6.14. The highest BCUT2D eigenvalue weighted by molar-refractivity contribution is 7.09. The van der Waals surface area contributed by atoms with E-state index in [0.29, 0.717) is 5.92 Å². The van der Waals surface area contributed by atoms with Crippen molar-refractivity contribution in [2.45, 2.75) is 25.3 Å². The fourth-order valence-corrected chi connectivity index (χ4v) is 2.51. The number of hydrogen-bond donors (Lipinski definition) is 1. The molecule has 0 spiro atoms. The van der Waals surface area contributed by atoms with E-state index in [-0.39, 0.29) is 6.04 Å². The third kappa shape index (κ3) is 2.53. The van der Waals surface area contributed by atoms with Gasteiger partial charge in [-0.15, -0.1) is 11.3 Å². The van der Waals surface area contributed by atoms with Crippen LogP contribution >= 0.6 is 11.3 Å². The zero-order valence-electron chi connectivity index (χ0n) is 8.19. The maximum atomic E-state index is 6.14. The van der Waals surface area contributed by atoms with E-state index in [2.05, 4.69) is 4.98 Å². The Morgan fingerprint density at radius 3 is 3.29 bits per heavy atom. The Morgan fingerprint density at radius 1 is 1.71 bits per heavy atom. The Hall–Kier alpha value is -0.450. The van der Waals surface area contributed by atoms with Crippen molar-refractivity contribution in [1.29, 1.82) is 0 Å². The number of thiazole rings is 1. The van der Waals surface area contributed by atoms with Crippen molar-refractivity contribution < 1.29 is 4.74 Å². The minimum atomic E-state index is 0.232. The van der Waals surface area contributed by atoms with E-state index in [1.165, 1.54) is 11.3 Å². The van der Waals surface area contributed by atoms with E-state index in [9.17, 15) is 0 Å². The Bertz CT molecular complexity index is 257. The second-order valence-electron chi connectivity index (χ2n) is 3.81. The molecule has 2 N–H and O–H groups in total. The zero-order chi connectivity index (χ0) is 9.80. The smallest absolute Gasteiger partial charge is 0.0794 e. The molecular formula is C10H16N2OS. The van der Waals surface area contributed by atoms with Gasteiger partial charge in [0.25, 0.3) is 0 Å². The highest BCUT2D eigenvalue weighted by Gasteiger charge is 2.21. The van der Waals surface area contributed by atoms with Gasteiger partial charge >= 0.3 is 0 Å². The lowest BCUT2D eigenvalue weighted by molar-refractivity contribution is 0.0451. The van der Waals surface area contributed by atoms with Crippen LogP contribution in [-0.4, -0.2) is 24.2 Å². The first-order chi connectivity index (χ1) is 6.86. The topological polar surface area (TPSA) is 48.1 Å². The van der Waals surface area contributed by atoms with Gasteiger partial charge in [-0.2, -0.15) is 0 Å². The molecule has 1 saturated heterocycles. The van der Waals surface area contributed by atoms with Crippen LogP contribution in [0.4, 0.5) is 0 Å². The minimum Gasteiger partial charge on any atom is -0.381 e. The summed E-state index contributed by atoms with van der Waals surface area (Å²) in [6.45, 7) is 1.74. The summed E-state index contributed by atoms with van der Waals surface area (Å²) in [6.07, 6.45) is 5.22. The second kappa shape index (κ2) is 4.87. The van der Waals surface area contributed by atoms with E-state index in [0.717, 1.165) is 26.1 Å². The van der Waals surface area contributed by atoms with Crippen LogP contribution in [-0.2, 0) is 11.2 Å². The maximum Gasteiger partial charge on any atom is 0.0794 e. The van der Waals surface area contributed by atoms with Gasteiger partial charge in [0.05, 0.1) is 12.1 Å². The van der Waals surface area contributed by atoms with Crippen LogP contribution in [0.15, 0.2) is 11.7 Å². The molecule has 0 aliphatic carbocycles. The standard InChI is InChI=1S/C10H16N2OS/c11-10(4-9-5-12-7-14-9)8-2-1-3-13-6-8/h5,7-8,10H,1-4,6,11H2. The van der Waals surface area contributed by atoms with Crippen LogP contribution in [0.5, 0.6) is 0 Å². The van der Waals surface area contributed by atoms with E-state index >= 15 is 0 Å². The molecule has 1 aliphatic rings. The first-order valence-corrected chi connectivity index (χ1v) is 5.95. The lowest BCUT2D eigenvalue weighted by Crippen LogP contribution is -2.37. The minimum absolute atomic E-state index is 0.232. The zero-order valence-corrected chi connectivity index (χ0v) is 9.00. The van der Waals surface area contributed by atoms with Gasteiger partial charge in [0.1, 0.15) is 0 Å². The molecule has 0 amide bonds. The highest BCUT2D eigenvalue weighted by Crippen LogP contribution is 2.19. The molecule has 0 radical (unpaired) electrons. The normalized spacial score (nSPS) is 24.8. The van der Waals surface area contributed by atoms with Crippen molar-refractivity contribution >= 4 is 11.3 Å². The molecule has 1 aromatic heterocycles. The third-order valence-electron chi connectivity index (χ3n) is 2.72. The lowest BCUT2D eigenvalue weighted by Gasteiger charge is -2.27. The monoisotopic (exact) mass is 212 g/mol. The van der Waals surface area contributed by atoms with Gasteiger partial charge in [-0.3, -0.25) is 4.98 Å². The van der Waals surface area contributed by atoms with Crippen molar-refractivity contribution in [2.24, 2.45) is 11.7 Å². The summed E-state index contributed by atoms with van der Waals surface area (Å²) in [6, 6.07) is 0.232. The van der Waals surface area contributed by atoms with Crippen LogP contribution in [0.1, 0.15) is 17.7 Å². The molecule has 2 heterocycles. The predicted molar refractivity (Wildman–Crippen MR) is 57.3 cm³/mol. The van der Waals surface area contributed by atoms with Gasteiger partial charge in [-0.05, 0) is 25.2 Å². The largest absolute Gasteiger partial charge is 0.381 e. The summed E-state index contributed by atoms with van der Waals surface area (Å²) >= 11 is 1.68. The fraction of sp³-hybridized carbons (Fsp3) is 0.700. The molecule has 78 valence electrons. The Kier molecular flexibility index (Phi) is 3.50. The van der Waals surface area contributed by atoms with Crippen molar-refractivity contribution in [3.05, 3.63) is 16.6 Å². The van der Waals surface area contributed by atoms with Crippen LogP contribution < -0.4 is 5.73 Å². The summed E-state index contributed by atoms with van der Waals surface area (Å²) in [5.41, 5.74) is 8.00. The van der Waals surface area contributed by atoms with Crippen LogP contribution in [0.3, 0.4) is 0 Å². The molecule has 2 atom stereocenters. The van der Waals surface area contributed by atoms with E-state index in [4.69, 9.17) is 10.5 Å². The van der Waals surface area contributed by atoms with Crippen molar-refractivity contribution in [2.75, 3.05) is 13.2 Å². The van der Waals surface area contributed by atoms with E-state index < -0.39 is 0 Å². The molecular weight excluding hydrogens is 196 g/mol. The molecule has 1 aliphatic heterocycles. The first-order valence-electron chi connectivity index (χ1n) is 5.07. The number of hydrogen-bond acceptors (Lipinski definition) is 4. The second-order valence-corrected chi connectivity index (χ2v) is 4.78. The molecule has 2 rings (SSSR count). The van der Waals surface area contributed by atoms with Crippen LogP contribution in [0, 0.1) is 5.92 Å². The van der Waals surface area contributed by atoms with E-state index in [1.807, 2.05) is 11.7 Å². The molecule has 3 nitrogen and oxygen atoms in total. The van der Waals surface area contributed by atoms with Crippen molar-refractivity contribution in [3.63, 3.8) is 0 Å². The Labute approximate surface area is 88.3 Å². The molecule has 2 unspecified atom stereocenters. The molecule has 0 aromatic carbocycles. The summed E-state index contributed by atoms with van der Waals surface area (Å²) in [4.78, 5) is 5.33. The number of ether oxygens (including phenoxy) is 1. The van der Waals surface area contributed by atoms with E-state index in [1.54, 1.807) is 11.3 Å². The first kappa shape index (κ1) is 10.1.